The van der Waals surface area contributed by atoms with E-state index in [0.29, 0.717) is 0 Å². The van der Waals surface area contributed by atoms with Crippen molar-refractivity contribution in [3.63, 3.8) is 0 Å². The second-order valence-electron chi connectivity index (χ2n) is 2.12. The van der Waals surface area contributed by atoms with E-state index in [9.17, 15) is 0 Å². The van der Waals surface area contributed by atoms with Gasteiger partial charge in [0.05, 0.1) is 0 Å². The van der Waals surface area contributed by atoms with E-state index >= 15 is 0 Å². The molecule has 0 saturated carbocycles. The Kier molecular flexibility index (Phi) is 381. The van der Waals surface area contributed by atoms with Crippen LogP contribution in [0.5, 0.6) is 0 Å². The molecule has 0 atom stereocenters. The summed E-state index contributed by atoms with van der Waals surface area (Å²) in [6.45, 7) is 6.56. The molecular formula is C6H26Al3Cl5. The summed E-state index contributed by atoms with van der Waals surface area (Å²) in [4.78, 5) is 0. The summed E-state index contributed by atoms with van der Waals surface area (Å²) in [5, 5.41) is 4.17. The Morgan fingerprint density at radius 3 is 0.500 bits per heavy atom. The Hall–Kier alpha value is 3.05. The van der Waals surface area contributed by atoms with Gasteiger partial charge in [-0.05, 0) is 0 Å². The third-order valence-electron chi connectivity index (χ3n) is 0. The van der Waals surface area contributed by atoms with Gasteiger partial charge in [-0.25, -0.2) is 0 Å². The summed E-state index contributed by atoms with van der Waals surface area (Å²) < 4.78 is 0. The molecule has 0 bridgehead atoms. The van der Waals surface area contributed by atoms with Crippen LogP contribution in [0, 0.1) is 0 Å². The molecule has 14 heavy (non-hydrogen) atoms. The van der Waals surface area contributed by atoms with Gasteiger partial charge in [0.25, 0.3) is 0 Å². The Labute approximate surface area is 146 Å². The molecule has 8 heteroatoms. The summed E-state index contributed by atoms with van der Waals surface area (Å²) in [6.07, 6.45) is 0. The van der Waals surface area contributed by atoms with Crippen LogP contribution in [0.15, 0.2) is 0 Å². The molecule has 0 saturated heterocycles. The molecule has 0 aliphatic rings. The summed E-state index contributed by atoms with van der Waals surface area (Å²) in [5.41, 5.74) is 0. The fourth-order valence-corrected chi connectivity index (χ4v) is 0. The summed E-state index contributed by atoms with van der Waals surface area (Å²) in [5.74, 6) is 0. The van der Waals surface area contributed by atoms with Crippen molar-refractivity contribution in [3.8, 4) is 0 Å². The van der Waals surface area contributed by atoms with Crippen LogP contribution < -0.4 is 0 Å². The van der Waals surface area contributed by atoms with Crippen molar-refractivity contribution in [3.05, 3.63) is 0 Å². The van der Waals surface area contributed by atoms with E-state index in [4.69, 9.17) is 0 Å². The molecule has 0 aromatic rings. The van der Waals surface area contributed by atoms with Crippen LogP contribution in [0.3, 0.4) is 0 Å². The predicted molar refractivity (Wildman–Crippen MR) is 93.3 cm³/mol. The van der Waals surface area contributed by atoms with Crippen LogP contribution in [0.2, 0.25) is 15.8 Å². The van der Waals surface area contributed by atoms with Gasteiger partial charge < -0.3 is 0 Å². The van der Waals surface area contributed by atoms with Gasteiger partial charge in [-0.15, -0.1) is 77.9 Å². The predicted octanol–water partition coefficient (Wildman–Crippen LogP) is 2.28. The maximum absolute atomic E-state index is 2.19. The van der Waals surface area contributed by atoms with E-state index in [2.05, 4.69) is 20.8 Å². The van der Waals surface area contributed by atoms with Gasteiger partial charge in [0.2, 0.25) is 48.9 Å². The molecule has 94 valence electrons. The summed E-state index contributed by atoms with van der Waals surface area (Å²) in [6, 6.07) is 0. The minimum absolute atomic E-state index is 0. The van der Waals surface area contributed by atoms with Gasteiger partial charge in [-0.1, -0.05) is 20.8 Å². The fraction of sp³-hybridized carbons (Fsp3) is 1.00. The molecule has 0 aromatic carbocycles. The van der Waals surface area contributed by atoms with Crippen molar-refractivity contribution in [1.29, 1.82) is 0 Å². The standard InChI is InChI=1S/3C2H5.3Al.5ClH.6H/c3*1-2;;;;;;;;;;;;;;/h3*1H2,2H3;;;;5*1H;;;;;;. The quantitative estimate of drug-likeness (QED) is 0.584. The Morgan fingerprint density at radius 1 is 0.500 bits per heavy atom. The van der Waals surface area contributed by atoms with E-state index in [1.54, 1.807) is 0 Å². The highest BCUT2D eigenvalue weighted by Gasteiger charge is 1.41. The lowest BCUT2D eigenvalue weighted by Gasteiger charge is -1.44. The van der Waals surface area contributed by atoms with Crippen LogP contribution in [-0.2, 0) is 0 Å². The monoisotopic (exact) mass is 354 g/mol. The smallest absolute Gasteiger partial charge is 0.147 e. The summed E-state index contributed by atoms with van der Waals surface area (Å²) >= 11 is 4.11. The molecule has 0 radical (unpaired) electrons. The largest absolute Gasteiger partial charge is 0.211 e. The van der Waals surface area contributed by atoms with Gasteiger partial charge in [0.1, 0.15) is 0 Å². The zero-order valence-electron chi connectivity index (χ0n) is 10.2. The molecule has 0 heterocycles. The number of hydrogen-bond acceptors (Lipinski definition) is 0. The molecule has 0 aliphatic carbocycles. The maximum atomic E-state index is 2.19. The molecule has 0 nitrogen and oxygen atoms in total. The molecule has 0 amide bonds. The topological polar surface area (TPSA) is 0 Å². The molecule has 0 N–H and O–H groups in total. The SMILES string of the molecule is C[CH2][AlH2].C[CH2][AlH2].C[CH2][AlH2].Cl.Cl.Cl.Cl.Cl. The van der Waals surface area contributed by atoms with E-state index in [1.165, 1.54) is 64.7 Å². The van der Waals surface area contributed by atoms with Crippen molar-refractivity contribution >= 4 is 111 Å². The Bertz CT molecular complexity index is 26.2. The average molecular weight is 356 g/mol. The maximum Gasteiger partial charge on any atom is 0.211 e. The molecule has 0 rings (SSSR count). The van der Waals surface area contributed by atoms with E-state index in [0.717, 1.165) is 0 Å². The third-order valence-corrected chi connectivity index (χ3v) is 0. The molecule has 0 aromatic heterocycles. The minimum Gasteiger partial charge on any atom is -0.147 e. The minimum atomic E-state index is 0. The molecule has 0 fully saturated rings. The van der Waals surface area contributed by atoms with Crippen LogP contribution in [0.1, 0.15) is 20.8 Å². The van der Waals surface area contributed by atoms with Crippen LogP contribution in [-0.4, -0.2) is 48.9 Å². The molecule has 0 unspecified atom stereocenters. The first kappa shape index (κ1) is 53.6. The van der Waals surface area contributed by atoms with Crippen molar-refractivity contribution < 1.29 is 0 Å². The zero-order valence-corrected chi connectivity index (χ0v) is 20.2. The van der Waals surface area contributed by atoms with Gasteiger partial charge >= 0.3 is 0 Å². The lowest BCUT2D eigenvalue weighted by atomic mass is 11.0. The van der Waals surface area contributed by atoms with Crippen molar-refractivity contribution in [2.24, 2.45) is 0 Å². The highest BCUT2D eigenvalue weighted by Crippen LogP contribution is 1.50. The lowest BCUT2D eigenvalue weighted by molar-refractivity contribution is 1.48. The van der Waals surface area contributed by atoms with Crippen molar-refractivity contribution in [2.45, 2.75) is 36.6 Å². The van der Waals surface area contributed by atoms with E-state index in [1.807, 2.05) is 0 Å². The number of hydrogen-bond donors (Lipinski definition) is 0. The first-order valence-corrected chi connectivity index (χ1v) is 8.49. The van der Waals surface area contributed by atoms with Crippen LogP contribution >= 0.6 is 62.0 Å². The molecule has 0 spiro atoms. The molecular weight excluding hydrogens is 330 g/mol. The van der Waals surface area contributed by atoms with Gasteiger partial charge in [0.15, 0.2) is 0 Å². The molecule has 0 aliphatic heterocycles. The Morgan fingerprint density at radius 2 is 0.500 bits per heavy atom. The zero-order chi connectivity index (χ0) is 8.12. The highest BCUT2D eigenvalue weighted by atomic mass is 35.5. The first-order chi connectivity index (χ1) is 4.24. The van der Waals surface area contributed by atoms with Crippen LogP contribution in [0.25, 0.3) is 0 Å². The van der Waals surface area contributed by atoms with Crippen LogP contribution in [0.4, 0.5) is 0 Å². The lowest BCUT2D eigenvalue weighted by Crippen LogP contribution is -1.41. The fourth-order valence-electron chi connectivity index (χ4n) is 0. The second-order valence-corrected chi connectivity index (χ2v) is 6.36. The van der Waals surface area contributed by atoms with E-state index < -0.39 is 0 Å². The van der Waals surface area contributed by atoms with Gasteiger partial charge in [-0.2, -0.15) is 0 Å². The van der Waals surface area contributed by atoms with Crippen molar-refractivity contribution in [2.75, 3.05) is 0 Å². The average Bonchev–Trinajstić information content (AvgIpc) is 1.70. The van der Waals surface area contributed by atoms with Gasteiger partial charge in [-0.3, -0.25) is 0 Å². The number of halogens is 5. The van der Waals surface area contributed by atoms with Crippen molar-refractivity contribution in [1.82, 2.24) is 0 Å². The second kappa shape index (κ2) is 99.4. The Balaban J connectivity index is -0.00000000545. The first-order valence-electron chi connectivity index (χ1n) is 4.24. The highest BCUT2D eigenvalue weighted by molar-refractivity contribution is 6.08. The third kappa shape index (κ3) is 320. The summed E-state index contributed by atoms with van der Waals surface area (Å²) in [7, 11) is 0. The number of rotatable bonds is 0. The van der Waals surface area contributed by atoms with Gasteiger partial charge in [0, 0.05) is 0 Å². The van der Waals surface area contributed by atoms with E-state index in [-0.39, 0.29) is 62.0 Å². The normalized spacial score (nSPS) is 3.64.